The summed E-state index contributed by atoms with van der Waals surface area (Å²) in [7, 11) is 1.77. The topological polar surface area (TPSA) is 74.0 Å². The normalized spacial score (nSPS) is 14.7. The number of aromatic nitrogens is 2. The lowest BCUT2D eigenvalue weighted by Crippen LogP contribution is -2.36. The molecule has 166 valence electrons. The second-order valence-electron chi connectivity index (χ2n) is 7.82. The van der Waals surface area contributed by atoms with Crippen LogP contribution in [0.1, 0.15) is 38.2 Å². The Bertz CT molecular complexity index is 1100. The van der Waals surface area contributed by atoms with Crippen LogP contribution in [-0.2, 0) is 13.6 Å². The highest BCUT2D eigenvalue weighted by Gasteiger charge is 2.22. The summed E-state index contributed by atoms with van der Waals surface area (Å²) >= 11 is 0. The van der Waals surface area contributed by atoms with Crippen molar-refractivity contribution < 1.29 is 0 Å². The van der Waals surface area contributed by atoms with Crippen molar-refractivity contribution >= 4 is 5.82 Å². The number of nitriles is 1. The molecule has 0 saturated carbocycles. The van der Waals surface area contributed by atoms with Gasteiger partial charge in [-0.25, -0.2) is 4.98 Å². The summed E-state index contributed by atoms with van der Waals surface area (Å²) in [6.45, 7) is 7.76. The molecule has 1 aromatic carbocycles. The molecule has 0 spiro atoms. The quantitative estimate of drug-likeness (QED) is 0.495. The zero-order chi connectivity index (χ0) is 22.9. The molecule has 1 aliphatic heterocycles. The number of nitrogens with zero attached hydrogens (tertiary/aromatic N) is 4. The van der Waals surface area contributed by atoms with Crippen LogP contribution in [0.4, 0.5) is 5.82 Å². The highest BCUT2D eigenvalue weighted by Crippen LogP contribution is 2.24. The number of nitrogens with one attached hydrogen (secondary N) is 1. The predicted molar refractivity (Wildman–Crippen MR) is 130 cm³/mol. The van der Waals surface area contributed by atoms with E-state index < -0.39 is 0 Å². The van der Waals surface area contributed by atoms with Crippen LogP contribution >= 0.6 is 0 Å². The molecule has 1 fully saturated rings. The number of rotatable bonds is 8. The maximum atomic E-state index is 13.5. The summed E-state index contributed by atoms with van der Waals surface area (Å²) in [5, 5.41) is 12.9. The standard InChI is InChI=1S/C26H31N5O/c1-4-6-13-21(18-27)23(5-2)28-19-22-25(31-16-11-8-12-17-31)29-24(30(3)26(22)32)20-14-9-7-10-15-20/h4,6-7,9-10,13-15,28H,1,5,8,11-12,16-17,19H2,2-3H3/b13-6-,23-21-. The van der Waals surface area contributed by atoms with Crippen molar-refractivity contribution in [2.45, 2.75) is 39.2 Å². The molecule has 0 atom stereocenters. The highest BCUT2D eigenvalue weighted by atomic mass is 16.1. The smallest absolute Gasteiger partial charge is 0.260 e. The number of benzene rings is 1. The van der Waals surface area contributed by atoms with Crippen LogP contribution in [0.2, 0.25) is 0 Å². The van der Waals surface area contributed by atoms with Crippen LogP contribution in [-0.4, -0.2) is 22.6 Å². The molecule has 1 aromatic heterocycles. The van der Waals surface area contributed by atoms with Gasteiger partial charge in [0.1, 0.15) is 17.7 Å². The van der Waals surface area contributed by atoms with Crippen LogP contribution in [0.15, 0.2) is 71.2 Å². The minimum absolute atomic E-state index is 0.0671. The van der Waals surface area contributed by atoms with E-state index in [1.165, 1.54) is 6.42 Å². The Morgan fingerprint density at radius 3 is 2.59 bits per heavy atom. The van der Waals surface area contributed by atoms with E-state index in [1.54, 1.807) is 29.8 Å². The van der Waals surface area contributed by atoms with Crippen molar-refractivity contribution in [3.8, 4) is 17.5 Å². The van der Waals surface area contributed by atoms with Gasteiger partial charge in [-0.15, -0.1) is 0 Å². The number of hydrogen-bond acceptors (Lipinski definition) is 5. The summed E-state index contributed by atoms with van der Waals surface area (Å²) in [5.41, 5.74) is 2.81. The molecule has 6 nitrogen and oxygen atoms in total. The second kappa shape index (κ2) is 11.1. The van der Waals surface area contributed by atoms with Gasteiger partial charge >= 0.3 is 0 Å². The van der Waals surface area contributed by atoms with Gasteiger partial charge < -0.3 is 10.2 Å². The van der Waals surface area contributed by atoms with Gasteiger partial charge in [0.05, 0.1) is 11.1 Å². The number of allylic oxidation sites excluding steroid dienone is 5. The third-order valence-corrected chi connectivity index (χ3v) is 5.73. The first-order valence-corrected chi connectivity index (χ1v) is 11.2. The predicted octanol–water partition coefficient (Wildman–Crippen LogP) is 4.46. The van der Waals surface area contributed by atoms with Gasteiger partial charge in [0.2, 0.25) is 0 Å². The fraction of sp³-hybridized carbons (Fsp3) is 0.346. The average Bonchev–Trinajstić information content (AvgIpc) is 2.84. The number of piperidine rings is 1. The first-order chi connectivity index (χ1) is 15.6. The van der Waals surface area contributed by atoms with E-state index in [2.05, 4.69) is 22.9 Å². The summed E-state index contributed by atoms with van der Waals surface area (Å²) in [6.07, 6.45) is 9.15. The average molecular weight is 430 g/mol. The fourth-order valence-corrected chi connectivity index (χ4v) is 3.98. The monoisotopic (exact) mass is 429 g/mol. The van der Waals surface area contributed by atoms with Crippen molar-refractivity contribution in [2.75, 3.05) is 18.0 Å². The van der Waals surface area contributed by atoms with E-state index in [1.807, 2.05) is 37.3 Å². The van der Waals surface area contributed by atoms with E-state index >= 15 is 0 Å². The molecule has 2 aromatic rings. The minimum Gasteiger partial charge on any atom is -0.383 e. The molecule has 0 bridgehead atoms. The Morgan fingerprint density at radius 1 is 1.25 bits per heavy atom. The zero-order valence-corrected chi connectivity index (χ0v) is 19.0. The number of anilines is 1. The summed E-state index contributed by atoms with van der Waals surface area (Å²) in [4.78, 5) is 20.7. The van der Waals surface area contributed by atoms with Crippen molar-refractivity contribution in [3.63, 3.8) is 0 Å². The molecule has 0 radical (unpaired) electrons. The molecular formula is C26H31N5O. The fourth-order valence-electron chi connectivity index (χ4n) is 3.98. The van der Waals surface area contributed by atoms with E-state index in [4.69, 9.17) is 4.98 Å². The molecule has 0 amide bonds. The third-order valence-electron chi connectivity index (χ3n) is 5.73. The lowest BCUT2D eigenvalue weighted by molar-refractivity contribution is 0.568. The lowest BCUT2D eigenvalue weighted by Gasteiger charge is -2.30. The van der Waals surface area contributed by atoms with Crippen LogP contribution < -0.4 is 15.8 Å². The van der Waals surface area contributed by atoms with Gasteiger partial charge in [-0.2, -0.15) is 5.26 Å². The SMILES string of the molecule is C=C/C=C\C(C#N)=C(/CC)NCc1c(N2CCCCC2)nc(-c2ccccc2)n(C)c1=O. The molecule has 6 heteroatoms. The van der Waals surface area contributed by atoms with Crippen LogP contribution in [0, 0.1) is 11.3 Å². The van der Waals surface area contributed by atoms with E-state index in [0.29, 0.717) is 29.9 Å². The Kier molecular flexibility index (Phi) is 8.04. The van der Waals surface area contributed by atoms with E-state index in [0.717, 1.165) is 43.0 Å². The molecule has 0 aliphatic carbocycles. The van der Waals surface area contributed by atoms with Crippen LogP contribution in [0.25, 0.3) is 11.4 Å². The third kappa shape index (κ3) is 5.17. The van der Waals surface area contributed by atoms with Gasteiger partial charge in [0.25, 0.3) is 5.56 Å². The molecule has 32 heavy (non-hydrogen) atoms. The Morgan fingerprint density at radius 2 is 1.97 bits per heavy atom. The Balaban J connectivity index is 2.06. The summed E-state index contributed by atoms with van der Waals surface area (Å²) in [5.74, 6) is 1.41. The highest BCUT2D eigenvalue weighted by molar-refractivity contribution is 5.60. The Hall–Kier alpha value is -3.59. The zero-order valence-electron chi connectivity index (χ0n) is 19.0. The van der Waals surface area contributed by atoms with Gasteiger partial charge in [-0.1, -0.05) is 56.0 Å². The lowest BCUT2D eigenvalue weighted by atomic mass is 10.1. The summed E-state index contributed by atoms with van der Waals surface area (Å²) < 4.78 is 1.62. The molecular weight excluding hydrogens is 398 g/mol. The maximum absolute atomic E-state index is 13.5. The molecule has 3 rings (SSSR count). The van der Waals surface area contributed by atoms with Crippen molar-refractivity contribution in [2.24, 2.45) is 7.05 Å². The number of hydrogen-bond donors (Lipinski definition) is 1. The summed E-state index contributed by atoms with van der Waals surface area (Å²) in [6, 6.07) is 12.0. The molecule has 1 aliphatic rings. The largest absolute Gasteiger partial charge is 0.383 e. The molecule has 0 unspecified atom stereocenters. The first kappa shape index (κ1) is 23.1. The molecule has 2 heterocycles. The maximum Gasteiger partial charge on any atom is 0.260 e. The van der Waals surface area contributed by atoms with E-state index in [-0.39, 0.29) is 5.56 Å². The van der Waals surface area contributed by atoms with Crippen LogP contribution in [0.5, 0.6) is 0 Å². The van der Waals surface area contributed by atoms with E-state index in [9.17, 15) is 10.1 Å². The molecule has 1 saturated heterocycles. The minimum atomic E-state index is -0.0671. The Labute approximate surface area is 190 Å². The van der Waals surface area contributed by atoms with Gasteiger partial charge in [0.15, 0.2) is 0 Å². The molecule has 1 N–H and O–H groups in total. The first-order valence-electron chi connectivity index (χ1n) is 11.2. The van der Waals surface area contributed by atoms with Gasteiger partial charge in [-0.3, -0.25) is 9.36 Å². The van der Waals surface area contributed by atoms with Gasteiger partial charge in [-0.05, 0) is 31.8 Å². The van der Waals surface area contributed by atoms with Gasteiger partial charge in [0, 0.05) is 37.9 Å². The van der Waals surface area contributed by atoms with Crippen LogP contribution in [0.3, 0.4) is 0 Å². The van der Waals surface area contributed by atoms with Crippen molar-refractivity contribution in [1.29, 1.82) is 5.26 Å². The van der Waals surface area contributed by atoms with Crippen molar-refractivity contribution in [1.82, 2.24) is 14.9 Å². The van der Waals surface area contributed by atoms with Crippen molar-refractivity contribution in [3.05, 3.63) is 82.3 Å². The second-order valence-corrected chi connectivity index (χ2v) is 7.82.